The van der Waals surface area contributed by atoms with Crippen LogP contribution in [0.3, 0.4) is 0 Å². The summed E-state index contributed by atoms with van der Waals surface area (Å²) >= 11 is 1.66. The summed E-state index contributed by atoms with van der Waals surface area (Å²) in [5.41, 5.74) is 3.00. The summed E-state index contributed by atoms with van der Waals surface area (Å²) in [5.74, 6) is 0. The van der Waals surface area contributed by atoms with Crippen molar-refractivity contribution in [3.63, 3.8) is 0 Å². The normalized spacial score (nSPS) is 15.9. The number of thiazole rings is 1. The molecule has 21 heavy (non-hydrogen) atoms. The lowest BCUT2D eigenvalue weighted by molar-refractivity contribution is 0.252. The van der Waals surface area contributed by atoms with Crippen molar-refractivity contribution in [1.29, 1.82) is 0 Å². The van der Waals surface area contributed by atoms with E-state index in [-0.39, 0.29) is 12.1 Å². The maximum absolute atomic E-state index is 11.6. The van der Waals surface area contributed by atoms with Gasteiger partial charge in [-0.05, 0) is 38.1 Å². The number of amides is 2. The van der Waals surface area contributed by atoms with Crippen LogP contribution in [0.4, 0.5) is 16.2 Å². The van der Waals surface area contributed by atoms with Gasteiger partial charge in [0.15, 0.2) is 0 Å². The van der Waals surface area contributed by atoms with E-state index in [1.54, 1.807) is 16.2 Å². The molecule has 0 bridgehead atoms. The Hall–Kier alpha value is -2.08. The molecule has 110 valence electrons. The van der Waals surface area contributed by atoms with Gasteiger partial charge in [0.2, 0.25) is 0 Å². The molecular weight excluding hydrogens is 284 g/mol. The highest BCUT2D eigenvalue weighted by Gasteiger charge is 2.20. The van der Waals surface area contributed by atoms with E-state index in [1.165, 1.54) is 0 Å². The number of hydrogen-bond acceptors (Lipinski definition) is 4. The molecule has 0 spiro atoms. The van der Waals surface area contributed by atoms with Crippen LogP contribution >= 0.6 is 11.3 Å². The van der Waals surface area contributed by atoms with E-state index in [9.17, 15) is 4.79 Å². The zero-order valence-corrected chi connectivity index (χ0v) is 12.9. The van der Waals surface area contributed by atoms with Crippen LogP contribution in [0.5, 0.6) is 0 Å². The Morgan fingerprint density at radius 2 is 2.14 bits per heavy atom. The molecule has 1 fully saturated rings. The molecule has 6 heteroatoms. The van der Waals surface area contributed by atoms with E-state index in [2.05, 4.69) is 27.9 Å². The number of carbonyl (C=O) groups excluding carboxylic acids is 1. The molecule has 1 aromatic heterocycles. The molecule has 1 aliphatic rings. The largest absolute Gasteiger partial charge is 0.377 e. The summed E-state index contributed by atoms with van der Waals surface area (Å²) in [6, 6.07) is 8.06. The van der Waals surface area contributed by atoms with Crippen molar-refractivity contribution >= 4 is 28.7 Å². The van der Waals surface area contributed by atoms with Crippen molar-refractivity contribution in [1.82, 2.24) is 10.3 Å². The highest BCUT2D eigenvalue weighted by Crippen LogP contribution is 2.24. The molecule has 2 N–H and O–H groups in total. The third-order valence-corrected chi connectivity index (χ3v) is 4.29. The third kappa shape index (κ3) is 3.00. The quantitative estimate of drug-likeness (QED) is 0.912. The fraction of sp³-hybridized carbons (Fsp3) is 0.333. The van der Waals surface area contributed by atoms with Crippen molar-refractivity contribution in [2.75, 3.05) is 23.3 Å². The average Bonchev–Trinajstić information content (AvgIpc) is 3.08. The molecule has 1 aromatic carbocycles. The maximum Gasteiger partial charge on any atom is 0.321 e. The molecular formula is C15H18N4OS. The molecule has 1 unspecified atom stereocenters. The molecule has 0 saturated carbocycles. The number of aromatic nitrogens is 1. The number of rotatable bonds is 4. The summed E-state index contributed by atoms with van der Waals surface area (Å²) in [6.45, 7) is 5.53. The first-order valence-corrected chi connectivity index (χ1v) is 7.85. The van der Waals surface area contributed by atoms with Gasteiger partial charge in [0, 0.05) is 29.8 Å². The number of nitrogens with zero attached hydrogens (tertiary/aromatic N) is 2. The van der Waals surface area contributed by atoms with Crippen LogP contribution in [-0.2, 0) is 0 Å². The van der Waals surface area contributed by atoms with Gasteiger partial charge in [-0.15, -0.1) is 11.3 Å². The van der Waals surface area contributed by atoms with E-state index in [1.807, 2.05) is 31.2 Å². The van der Waals surface area contributed by atoms with Gasteiger partial charge in [0.25, 0.3) is 0 Å². The Bertz CT molecular complexity index is 637. The van der Waals surface area contributed by atoms with Crippen LogP contribution in [0, 0.1) is 6.92 Å². The number of anilines is 2. The highest BCUT2D eigenvalue weighted by molar-refractivity contribution is 7.09. The van der Waals surface area contributed by atoms with Crippen LogP contribution in [-0.4, -0.2) is 24.1 Å². The number of urea groups is 1. The minimum atomic E-state index is -0.0259. The average molecular weight is 302 g/mol. The minimum absolute atomic E-state index is 0.0259. The van der Waals surface area contributed by atoms with Crippen molar-refractivity contribution in [2.45, 2.75) is 19.9 Å². The number of aryl methyl sites for hydroxylation is 1. The fourth-order valence-electron chi connectivity index (χ4n) is 2.36. The predicted octanol–water partition coefficient (Wildman–Crippen LogP) is 3.15. The Balaban J connectivity index is 1.68. The first kappa shape index (κ1) is 13.9. The molecule has 0 radical (unpaired) electrons. The van der Waals surface area contributed by atoms with Crippen molar-refractivity contribution < 1.29 is 4.79 Å². The van der Waals surface area contributed by atoms with E-state index in [0.717, 1.165) is 28.6 Å². The van der Waals surface area contributed by atoms with Crippen molar-refractivity contribution in [2.24, 2.45) is 0 Å². The molecule has 5 nitrogen and oxygen atoms in total. The Morgan fingerprint density at radius 3 is 2.71 bits per heavy atom. The lowest BCUT2D eigenvalue weighted by Gasteiger charge is -2.17. The smallest absolute Gasteiger partial charge is 0.321 e. The van der Waals surface area contributed by atoms with Gasteiger partial charge in [-0.3, -0.25) is 4.90 Å². The summed E-state index contributed by atoms with van der Waals surface area (Å²) in [7, 11) is 0. The van der Waals surface area contributed by atoms with Crippen molar-refractivity contribution in [3.8, 4) is 0 Å². The number of benzene rings is 1. The zero-order valence-electron chi connectivity index (χ0n) is 12.1. The van der Waals surface area contributed by atoms with Crippen LogP contribution in [0.2, 0.25) is 0 Å². The van der Waals surface area contributed by atoms with E-state index in [4.69, 9.17) is 0 Å². The second kappa shape index (κ2) is 5.73. The van der Waals surface area contributed by atoms with Gasteiger partial charge in [-0.1, -0.05) is 0 Å². The second-order valence-corrected chi connectivity index (χ2v) is 6.15. The number of carbonyl (C=O) groups is 1. The fourth-order valence-corrected chi connectivity index (χ4v) is 3.06. The van der Waals surface area contributed by atoms with Crippen molar-refractivity contribution in [3.05, 3.63) is 40.3 Å². The lowest BCUT2D eigenvalue weighted by atomic mass is 10.2. The monoisotopic (exact) mass is 302 g/mol. The number of nitrogens with one attached hydrogen (secondary N) is 2. The topological polar surface area (TPSA) is 57.3 Å². The van der Waals surface area contributed by atoms with Crippen LogP contribution < -0.4 is 15.5 Å². The first-order valence-electron chi connectivity index (χ1n) is 6.97. The SMILES string of the molecule is Cc1nc(C(C)Nc2ccc(N3CCNC3=O)cc2)cs1. The molecule has 1 saturated heterocycles. The minimum Gasteiger partial charge on any atom is -0.377 e. The molecule has 2 aromatic rings. The summed E-state index contributed by atoms with van der Waals surface area (Å²) < 4.78 is 0. The Kier molecular flexibility index (Phi) is 3.79. The zero-order chi connectivity index (χ0) is 14.8. The second-order valence-electron chi connectivity index (χ2n) is 5.09. The molecule has 1 aliphatic heterocycles. The van der Waals surface area contributed by atoms with E-state index in [0.29, 0.717) is 6.54 Å². The van der Waals surface area contributed by atoms with Gasteiger partial charge in [0.1, 0.15) is 0 Å². The van der Waals surface area contributed by atoms with Crippen LogP contribution in [0.15, 0.2) is 29.6 Å². The summed E-state index contributed by atoms with van der Waals surface area (Å²) in [5, 5.41) is 9.39. The van der Waals surface area contributed by atoms with Gasteiger partial charge in [-0.2, -0.15) is 0 Å². The van der Waals surface area contributed by atoms with E-state index < -0.39 is 0 Å². The number of hydrogen-bond donors (Lipinski definition) is 2. The lowest BCUT2D eigenvalue weighted by Crippen LogP contribution is -2.27. The van der Waals surface area contributed by atoms with E-state index >= 15 is 0 Å². The van der Waals surface area contributed by atoms with Gasteiger partial charge < -0.3 is 10.6 Å². The van der Waals surface area contributed by atoms with Gasteiger partial charge in [0.05, 0.1) is 16.7 Å². The Labute approximate surface area is 128 Å². The molecule has 2 amide bonds. The molecule has 0 aliphatic carbocycles. The van der Waals surface area contributed by atoms with Crippen LogP contribution in [0.1, 0.15) is 23.7 Å². The van der Waals surface area contributed by atoms with Gasteiger partial charge >= 0.3 is 6.03 Å². The molecule has 1 atom stereocenters. The van der Waals surface area contributed by atoms with Crippen LogP contribution in [0.25, 0.3) is 0 Å². The summed E-state index contributed by atoms with van der Waals surface area (Å²) in [4.78, 5) is 17.9. The predicted molar refractivity (Wildman–Crippen MR) is 86.1 cm³/mol. The highest BCUT2D eigenvalue weighted by atomic mass is 32.1. The standard InChI is InChI=1S/C15H18N4OS/c1-10(14-9-21-11(2)18-14)17-12-3-5-13(6-4-12)19-8-7-16-15(19)20/h3-6,9-10,17H,7-8H2,1-2H3,(H,16,20). The molecule has 2 heterocycles. The molecule has 3 rings (SSSR count). The maximum atomic E-state index is 11.6. The summed E-state index contributed by atoms with van der Waals surface area (Å²) in [6.07, 6.45) is 0. The third-order valence-electron chi connectivity index (χ3n) is 3.50. The van der Waals surface area contributed by atoms with Gasteiger partial charge in [-0.25, -0.2) is 9.78 Å². The first-order chi connectivity index (χ1) is 10.1. The Morgan fingerprint density at radius 1 is 1.38 bits per heavy atom.